The maximum atomic E-state index is 4.80. The summed E-state index contributed by atoms with van der Waals surface area (Å²) in [5.74, 6) is 8.48. The highest BCUT2D eigenvalue weighted by Gasteiger charge is 2.11. The average molecular weight is 373 g/mol. The fourth-order valence-corrected chi connectivity index (χ4v) is 3.59. The smallest absolute Gasteiger partial charge is 0.163 e. The first-order chi connectivity index (χ1) is 14.3. The molecule has 29 heavy (non-hydrogen) atoms. The van der Waals surface area contributed by atoms with E-state index in [0.29, 0.717) is 17.5 Å². The molecular formula is C26H19N3. The fourth-order valence-electron chi connectivity index (χ4n) is 3.59. The van der Waals surface area contributed by atoms with Crippen molar-refractivity contribution in [2.24, 2.45) is 0 Å². The maximum Gasteiger partial charge on any atom is 0.163 e. The zero-order valence-electron chi connectivity index (χ0n) is 16.2. The molecule has 0 N–H and O–H groups in total. The third kappa shape index (κ3) is 3.53. The van der Waals surface area contributed by atoms with Gasteiger partial charge in [-0.25, -0.2) is 15.0 Å². The number of fused-ring (bicyclic) bond motifs is 2. The Hall–Kier alpha value is -3.77. The molecule has 1 aliphatic carbocycles. The first-order valence-corrected chi connectivity index (χ1v) is 9.74. The molecule has 1 heterocycles. The van der Waals surface area contributed by atoms with Crippen LogP contribution in [0, 0.1) is 18.8 Å². The van der Waals surface area contributed by atoms with Gasteiger partial charge in [0.25, 0.3) is 0 Å². The molecule has 0 saturated heterocycles. The molecule has 138 valence electrons. The minimum Gasteiger partial charge on any atom is -0.213 e. The molecule has 0 fully saturated rings. The Kier molecular flexibility index (Phi) is 4.38. The quantitative estimate of drug-likeness (QED) is 0.427. The molecule has 3 heteroatoms. The van der Waals surface area contributed by atoms with Crippen molar-refractivity contribution in [1.29, 1.82) is 0 Å². The molecule has 3 aromatic carbocycles. The van der Waals surface area contributed by atoms with Crippen LogP contribution in [0.5, 0.6) is 0 Å². The van der Waals surface area contributed by atoms with E-state index < -0.39 is 0 Å². The monoisotopic (exact) mass is 373 g/mol. The molecule has 0 aliphatic heterocycles. The minimum absolute atomic E-state index is 0.699. The summed E-state index contributed by atoms with van der Waals surface area (Å²) in [4.78, 5) is 14.0. The van der Waals surface area contributed by atoms with Gasteiger partial charge in [0, 0.05) is 24.0 Å². The standard InChI is InChI=1S/C26H19N3/c1-18-27-25(23-14-12-19-8-4-2-3-5-10-21(19)16-23)29-26(28-18)24-15-13-20-9-6-7-11-22(20)17-24/h5-7,9-17H,3,8H2,1H3/b10-5-. The van der Waals surface area contributed by atoms with Crippen LogP contribution in [0.3, 0.4) is 0 Å². The van der Waals surface area contributed by atoms with Crippen LogP contribution in [0.15, 0.2) is 66.7 Å². The number of aryl methyl sites for hydroxylation is 1. The minimum atomic E-state index is 0.699. The Labute approximate surface area is 170 Å². The van der Waals surface area contributed by atoms with Crippen molar-refractivity contribution in [3.8, 4) is 34.6 Å². The van der Waals surface area contributed by atoms with Gasteiger partial charge in [0.1, 0.15) is 5.82 Å². The van der Waals surface area contributed by atoms with Crippen LogP contribution in [0.4, 0.5) is 0 Å². The second kappa shape index (κ2) is 7.33. The van der Waals surface area contributed by atoms with E-state index in [1.165, 1.54) is 21.9 Å². The van der Waals surface area contributed by atoms with E-state index in [2.05, 4.69) is 82.5 Å². The van der Waals surface area contributed by atoms with Crippen molar-refractivity contribution in [3.05, 3.63) is 83.7 Å². The van der Waals surface area contributed by atoms with Crippen molar-refractivity contribution in [2.45, 2.75) is 19.8 Å². The Bertz CT molecular complexity index is 1320. The van der Waals surface area contributed by atoms with Gasteiger partial charge >= 0.3 is 0 Å². The number of aromatic nitrogens is 3. The molecule has 3 nitrogen and oxygen atoms in total. The van der Waals surface area contributed by atoms with E-state index in [1.54, 1.807) is 0 Å². The van der Waals surface area contributed by atoms with Crippen molar-refractivity contribution in [2.75, 3.05) is 0 Å². The summed E-state index contributed by atoms with van der Waals surface area (Å²) in [5.41, 5.74) is 4.41. The Balaban J connectivity index is 1.59. The second-order valence-electron chi connectivity index (χ2n) is 7.14. The first kappa shape index (κ1) is 17.3. The zero-order chi connectivity index (χ0) is 19.6. The maximum absolute atomic E-state index is 4.80. The molecule has 0 radical (unpaired) electrons. The lowest BCUT2D eigenvalue weighted by molar-refractivity contribution is 0.992. The molecule has 1 aromatic heterocycles. The average Bonchev–Trinajstić information content (AvgIpc) is 2.73. The summed E-state index contributed by atoms with van der Waals surface area (Å²) in [6, 6.07) is 21.0. The topological polar surface area (TPSA) is 38.7 Å². The predicted molar refractivity (Wildman–Crippen MR) is 118 cm³/mol. The molecule has 0 saturated carbocycles. The summed E-state index contributed by atoms with van der Waals surface area (Å²) in [6.07, 6.45) is 5.82. The molecular weight excluding hydrogens is 354 g/mol. The lowest BCUT2D eigenvalue weighted by atomic mass is 9.99. The van der Waals surface area contributed by atoms with Crippen LogP contribution in [-0.4, -0.2) is 15.0 Å². The third-order valence-electron chi connectivity index (χ3n) is 5.08. The van der Waals surface area contributed by atoms with Crippen LogP contribution in [0.1, 0.15) is 23.4 Å². The van der Waals surface area contributed by atoms with Gasteiger partial charge in [0.2, 0.25) is 0 Å². The van der Waals surface area contributed by atoms with Gasteiger partial charge in [-0.1, -0.05) is 72.5 Å². The summed E-state index contributed by atoms with van der Waals surface area (Å²) < 4.78 is 0. The van der Waals surface area contributed by atoms with E-state index in [9.17, 15) is 0 Å². The molecule has 1 aliphatic rings. The summed E-state index contributed by atoms with van der Waals surface area (Å²) in [6.45, 7) is 1.92. The van der Waals surface area contributed by atoms with Gasteiger partial charge in [-0.3, -0.25) is 0 Å². The highest BCUT2D eigenvalue weighted by atomic mass is 15.0. The highest BCUT2D eigenvalue weighted by Crippen LogP contribution is 2.26. The zero-order valence-corrected chi connectivity index (χ0v) is 16.2. The van der Waals surface area contributed by atoms with E-state index >= 15 is 0 Å². The van der Waals surface area contributed by atoms with Gasteiger partial charge in [-0.05, 0) is 41.0 Å². The normalized spacial score (nSPS) is 13.7. The summed E-state index contributed by atoms with van der Waals surface area (Å²) in [5, 5.41) is 2.38. The van der Waals surface area contributed by atoms with Gasteiger partial charge in [0.15, 0.2) is 11.6 Å². The van der Waals surface area contributed by atoms with Gasteiger partial charge in [0.05, 0.1) is 0 Å². The Morgan fingerprint density at radius 2 is 1.52 bits per heavy atom. The van der Waals surface area contributed by atoms with Crippen LogP contribution >= 0.6 is 0 Å². The van der Waals surface area contributed by atoms with Gasteiger partial charge in [-0.2, -0.15) is 0 Å². The van der Waals surface area contributed by atoms with E-state index in [1.807, 2.05) is 19.1 Å². The summed E-state index contributed by atoms with van der Waals surface area (Å²) >= 11 is 0. The van der Waals surface area contributed by atoms with Crippen molar-refractivity contribution >= 4 is 16.8 Å². The molecule has 0 atom stereocenters. The SMILES string of the molecule is Cc1nc(-c2ccc3c(c2)/C=C\CC#CC3)nc(-c2ccc3ccccc3c2)n1. The number of nitrogens with zero attached hydrogens (tertiary/aromatic N) is 3. The first-order valence-electron chi connectivity index (χ1n) is 9.74. The lowest BCUT2D eigenvalue weighted by Crippen LogP contribution is -2.00. The van der Waals surface area contributed by atoms with Gasteiger partial charge in [-0.15, -0.1) is 0 Å². The second-order valence-corrected chi connectivity index (χ2v) is 7.14. The largest absolute Gasteiger partial charge is 0.213 e. The van der Waals surface area contributed by atoms with Crippen LogP contribution in [-0.2, 0) is 6.42 Å². The lowest BCUT2D eigenvalue weighted by Gasteiger charge is -2.10. The third-order valence-corrected chi connectivity index (χ3v) is 5.08. The summed E-state index contributed by atoms with van der Waals surface area (Å²) in [7, 11) is 0. The number of hydrogen-bond donors (Lipinski definition) is 0. The van der Waals surface area contributed by atoms with Crippen LogP contribution < -0.4 is 0 Å². The molecule has 0 amide bonds. The van der Waals surface area contributed by atoms with E-state index in [0.717, 1.165) is 24.0 Å². The van der Waals surface area contributed by atoms with Crippen LogP contribution in [0.2, 0.25) is 0 Å². The number of allylic oxidation sites excluding steroid dienone is 1. The fraction of sp³-hybridized carbons (Fsp3) is 0.115. The number of benzene rings is 3. The van der Waals surface area contributed by atoms with E-state index in [4.69, 9.17) is 4.98 Å². The molecule has 0 spiro atoms. The van der Waals surface area contributed by atoms with E-state index in [-0.39, 0.29) is 0 Å². The van der Waals surface area contributed by atoms with Crippen LogP contribution in [0.25, 0.3) is 39.6 Å². The molecule has 0 unspecified atom stereocenters. The predicted octanol–water partition coefficient (Wildman–Crippen LogP) is 5.63. The number of rotatable bonds is 2. The van der Waals surface area contributed by atoms with Gasteiger partial charge < -0.3 is 0 Å². The highest BCUT2D eigenvalue weighted by molar-refractivity contribution is 5.86. The molecule has 0 bridgehead atoms. The Morgan fingerprint density at radius 1 is 0.759 bits per heavy atom. The Morgan fingerprint density at radius 3 is 2.38 bits per heavy atom. The van der Waals surface area contributed by atoms with Crippen molar-refractivity contribution < 1.29 is 0 Å². The van der Waals surface area contributed by atoms with Crippen molar-refractivity contribution in [3.63, 3.8) is 0 Å². The molecule has 4 aromatic rings. The molecule has 5 rings (SSSR count). The van der Waals surface area contributed by atoms with Crippen molar-refractivity contribution in [1.82, 2.24) is 15.0 Å². The number of hydrogen-bond acceptors (Lipinski definition) is 3.